The molecular weight excluding hydrogens is 364 g/mol. The smallest absolute Gasteiger partial charge is 0.265 e. The summed E-state index contributed by atoms with van der Waals surface area (Å²) in [7, 11) is -2.38. The largest absolute Gasteiger partial charge is 0.497 e. The van der Waals surface area contributed by atoms with E-state index < -0.39 is 16.1 Å². The Bertz CT molecular complexity index is 921. The zero-order valence-electron chi connectivity index (χ0n) is 15.7. The summed E-state index contributed by atoms with van der Waals surface area (Å²) < 4.78 is 33.1. The van der Waals surface area contributed by atoms with Gasteiger partial charge in [-0.3, -0.25) is 9.10 Å². The molecule has 6 nitrogen and oxygen atoms in total. The number of rotatable bonds is 7. The number of benzene rings is 2. The Hall–Kier alpha value is -2.54. The Labute approximate surface area is 160 Å². The van der Waals surface area contributed by atoms with E-state index in [0.717, 1.165) is 18.4 Å². The van der Waals surface area contributed by atoms with Gasteiger partial charge in [0.25, 0.3) is 10.0 Å². The van der Waals surface area contributed by atoms with Gasteiger partial charge in [0.05, 0.1) is 17.7 Å². The molecular formula is C20H24N2O4S. The molecule has 1 amide bonds. The average molecular weight is 388 g/mol. The Balaban J connectivity index is 2.03. The Kier molecular flexibility index (Phi) is 5.41. The van der Waals surface area contributed by atoms with Crippen LogP contribution < -0.4 is 14.4 Å². The number of sulfonamides is 1. The summed E-state index contributed by atoms with van der Waals surface area (Å²) in [6, 6.07) is 12.6. The van der Waals surface area contributed by atoms with Gasteiger partial charge < -0.3 is 10.1 Å². The lowest BCUT2D eigenvalue weighted by Gasteiger charge is -2.30. The summed E-state index contributed by atoms with van der Waals surface area (Å²) in [5.41, 5.74) is 1.25. The Morgan fingerprint density at radius 2 is 1.85 bits per heavy atom. The number of anilines is 1. The highest BCUT2D eigenvalue weighted by Crippen LogP contribution is 2.29. The van der Waals surface area contributed by atoms with Crippen LogP contribution >= 0.6 is 0 Å². The fourth-order valence-corrected chi connectivity index (χ4v) is 4.57. The SMILES string of the molecule is COc1ccc(N([C@@H](C)C(=O)NC2CC2)S(=O)(=O)c2cccc(C)c2)cc1. The number of hydrogen-bond donors (Lipinski definition) is 1. The van der Waals surface area contributed by atoms with Crippen LogP contribution in [0.15, 0.2) is 53.4 Å². The number of methoxy groups -OCH3 is 1. The van der Waals surface area contributed by atoms with Crippen molar-refractivity contribution in [3.63, 3.8) is 0 Å². The van der Waals surface area contributed by atoms with Gasteiger partial charge in [-0.1, -0.05) is 12.1 Å². The van der Waals surface area contributed by atoms with Gasteiger partial charge in [-0.2, -0.15) is 0 Å². The minimum atomic E-state index is -3.92. The zero-order chi connectivity index (χ0) is 19.6. The third kappa shape index (κ3) is 4.24. The molecule has 1 saturated carbocycles. The number of amides is 1. The van der Waals surface area contributed by atoms with E-state index in [9.17, 15) is 13.2 Å². The second kappa shape index (κ2) is 7.60. The molecule has 0 spiro atoms. The Morgan fingerprint density at radius 3 is 2.41 bits per heavy atom. The van der Waals surface area contributed by atoms with E-state index >= 15 is 0 Å². The van der Waals surface area contributed by atoms with Gasteiger partial charge in [-0.25, -0.2) is 8.42 Å². The summed E-state index contributed by atoms with van der Waals surface area (Å²) in [6.45, 7) is 3.44. The van der Waals surface area contributed by atoms with E-state index in [1.165, 1.54) is 4.31 Å². The molecule has 0 radical (unpaired) electrons. The topological polar surface area (TPSA) is 75.7 Å². The van der Waals surface area contributed by atoms with Crippen molar-refractivity contribution in [2.75, 3.05) is 11.4 Å². The predicted octanol–water partition coefficient (Wildman–Crippen LogP) is 2.87. The average Bonchev–Trinajstić information content (AvgIpc) is 3.46. The fraction of sp³-hybridized carbons (Fsp3) is 0.350. The van der Waals surface area contributed by atoms with Gasteiger partial charge in [0, 0.05) is 6.04 Å². The van der Waals surface area contributed by atoms with Crippen LogP contribution in [0.25, 0.3) is 0 Å². The predicted molar refractivity (Wildman–Crippen MR) is 104 cm³/mol. The number of carbonyl (C=O) groups excluding carboxylic acids is 1. The molecule has 2 aromatic carbocycles. The lowest BCUT2D eigenvalue weighted by molar-refractivity contribution is -0.121. The number of nitrogens with one attached hydrogen (secondary N) is 1. The van der Waals surface area contributed by atoms with Crippen molar-refractivity contribution in [3.8, 4) is 5.75 Å². The molecule has 7 heteroatoms. The second-order valence-corrected chi connectivity index (χ2v) is 8.59. The number of ether oxygens (including phenoxy) is 1. The second-order valence-electron chi connectivity index (χ2n) is 6.77. The van der Waals surface area contributed by atoms with Crippen LogP contribution in [0.2, 0.25) is 0 Å². The molecule has 1 aliphatic rings. The molecule has 0 unspecified atom stereocenters. The maximum Gasteiger partial charge on any atom is 0.265 e. The number of aryl methyl sites for hydroxylation is 1. The molecule has 2 aromatic rings. The first-order valence-electron chi connectivity index (χ1n) is 8.88. The lowest BCUT2D eigenvalue weighted by atomic mass is 10.2. The monoisotopic (exact) mass is 388 g/mol. The van der Waals surface area contributed by atoms with Crippen molar-refractivity contribution >= 4 is 21.6 Å². The molecule has 0 bridgehead atoms. The molecule has 0 aliphatic heterocycles. The first-order chi connectivity index (χ1) is 12.8. The van der Waals surface area contributed by atoms with Crippen LogP contribution in [0.5, 0.6) is 5.75 Å². The van der Waals surface area contributed by atoms with Crippen LogP contribution in [0.4, 0.5) is 5.69 Å². The van der Waals surface area contributed by atoms with Crippen LogP contribution in [0, 0.1) is 6.92 Å². The van der Waals surface area contributed by atoms with Gasteiger partial charge in [0.2, 0.25) is 5.91 Å². The quantitative estimate of drug-likeness (QED) is 0.791. The van der Waals surface area contributed by atoms with Crippen LogP contribution in [0.1, 0.15) is 25.3 Å². The van der Waals surface area contributed by atoms with E-state index in [4.69, 9.17) is 4.74 Å². The van der Waals surface area contributed by atoms with Crippen LogP contribution in [-0.4, -0.2) is 33.5 Å². The van der Waals surface area contributed by atoms with E-state index in [2.05, 4.69) is 5.32 Å². The van der Waals surface area contributed by atoms with Gasteiger partial charge in [-0.05, 0) is 68.7 Å². The number of carbonyl (C=O) groups is 1. The molecule has 0 heterocycles. The van der Waals surface area contributed by atoms with Crippen LogP contribution in [-0.2, 0) is 14.8 Å². The van der Waals surface area contributed by atoms with Crippen molar-refractivity contribution in [3.05, 3.63) is 54.1 Å². The van der Waals surface area contributed by atoms with Crippen molar-refractivity contribution in [1.29, 1.82) is 0 Å². The van der Waals surface area contributed by atoms with Crippen molar-refractivity contribution in [2.24, 2.45) is 0 Å². The molecule has 144 valence electrons. The van der Waals surface area contributed by atoms with Crippen LogP contribution in [0.3, 0.4) is 0 Å². The maximum absolute atomic E-state index is 13.4. The van der Waals surface area contributed by atoms with E-state index in [1.807, 2.05) is 13.0 Å². The van der Waals surface area contributed by atoms with E-state index in [-0.39, 0.29) is 16.8 Å². The summed E-state index contributed by atoms with van der Waals surface area (Å²) in [5, 5.41) is 2.89. The van der Waals surface area contributed by atoms with Crippen molar-refractivity contribution in [1.82, 2.24) is 5.32 Å². The molecule has 0 aromatic heterocycles. The molecule has 1 aliphatic carbocycles. The van der Waals surface area contributed by atoms with E-state index in [1.54, 1.807) is 56.5 Å². The van der Waals surface area contributed by atoms with Crippen molar-refractivity contribution < 1.29 is 17.9 Å². The lowest BCUT2D eigenvalue weighted by Crippen LogP contribution is -2.48. The highest BCUT2D eigenvalue weighted by Gasteiger charge is 2.35. The third-order valence-electron chi connectivity index (χ3n) is 4.53. The zero-order valence-corrected chi connectivity index (χ0v) is 16.5. The molecule has 0 saturated heterocycles. The first-order valence-corrected chi connectivity index (χ1v) is 10.3. The summed E-state index contributed by atoms with van der Waals surface area (Å²) in [5.74, 6) is 0.311. The minimum Gasteiger partial charge on any atom is -0.497 e. The standard InChI is InChI=1S/C20H24N2O4S/c1-14-5-4-6-19(13-14)27(24,25)22(15(2)20(23)21-16-7-8-16)17-9-11-18(26-3)12-10-17/h4-6,9-13,15-16H,7-8H2,1-3H3,(H,21,23)/t15-/m0/s1. The van der Waals surface area contributed by atoms with Gasteiger partial charge in [0.15, 0.2) is 0 Å². The molecule has 1 atom stereocenters. The normalized spacial score (nSPS) is 15.1. The number of nitrogens with zero attached hydrogens (tertiary/aromatic N) is 1. The summed E-state index contributed by atoms with van der Waals surface area (Å²) in [4.78, 5) is 12.8. The van der Waals surface area contributed by atoms with Crippen molar-refractivity contribution in [2.45, 2.75) is 43.7 Å². The Morgan fingerprint density at radius 1 is 1.19 bits per heavy atom. The summed E-state index contributed by atoms with van der Waals surface area (Å²) >= 11 is 0. The summed E-state index contributed by atoms with van der Waals surface area (Å²) in [6.07, 6.45) is 1.87. The molecule has 3 rings (SSSR count). The minimum absolute atomic E-state index is 0.152. The first kappa shape index (κ1) is 19.2. The van der Waals surface area contributed by atoms with Gasteiger partial charge in [-0.15, -0.1) is 0 Å². The highest BCUT2D eigenvalue weighted by atomic mass is 32.2. The van der Waals surface area contributed by atoms with Gasteiger partial charge >= 0.3 is 0 Å². The van der Waals surface area contributed by atoms with E-state index in [0.29, 0.717) is 11.4 Å². The fourth-order valence-electron chi connectivity index (χ4n) is 2.84. The molecule has 1 N–H and O–H groups in total. The maximum atomic E-state index is 13.4. The molecule has 27 heavy (non-hydrogen) atoms. The third-order valence-corrected chi connectivity index (χ3v) is 6.42. The number of hydrogen-bond acceptors (Lipinski definition) is 4. The van der Waals surface area contributed by atoms with Gasteiger partial charge in [0.1, 0.15) is 11.8 Å². The highest BCUT2D eigenvalue weighted by molar-refractivity contribution is 7.93. The molecule has 1 fully saturated rings.